The Morgan fingerprint density at radius 3 is 2.48 bits per heavy atom. The molecule has 0 radical (unpaired) electrons. The van der Waals surface area contributed by atoms with Crippen LogP contribution in [0.2, 0.25) is 0 Å². The Labute approximate surface area is 197 Å². The Morgan fingerprint density at radius 1 is 0.970 bits per heavy atom. The number of alkyl halides is 1. The van der Waals surface area contributed by atoms with Gasteiger partial charge >= 0.3 is 11.9 Å². The van der Waals surface area contributed by atoms with Gasteiger partial charge < -0.3 is 19.7 Å². The third-order valence-electron chi connectivity index (χ3n) is 5.84. The molecule has 0 unspecified atom stereocenters. The molecule has 0 saturated heterocycles. The molecule has 2 aromatic carbocycles. The molecule has 2 aliphatic heterocycles. The lowest BCUT2D eigenvalue weighted by Gasteiger charge is -2.29. The van der Waals surface area contributed by atoms with Crippen LogP contribution in [0, 0.1) is 0 Å². The number of carbonyl (C=O) groups excluding carboxylic acids is 2. The number of hydrogen-bond acceptors (Lipinski definition) is 6. The van der Waals surface area contributed by atoms with Gasteiger partial charge in [0.2, 0.25) is 0 Å². The zero-order valence-electron chi connectivity index (χ0n) is 17.8. The van der Waals surface area contributed by atoms with Crippen molar-refractivity contribution in [2.24, 2.45) is 0 Å². The first-order chi connectivity index (χ1) is 15.9. The van der Waals surface area contributed by atoms with Crippen LogP contribution in [0.4, 0.5) is 0 Å². The summed E-state index contributed by atoms with van der Waals surface area (Å²) >= 11 is 6.53. The summed E-state index contributed by atoms with van der Waals surface area (Å²) in [5.41, 5.74) is 3.06. The first-order valence-corrected chi connectivity index (χ1v) is 11.3. The van der Waals surface area contributed by atoms with Crippen molar-refractivity contribution in [1.82, 2.24) is 0 Å². The number of rotatable bonds is 7. The number of cyclic esters (lactones) is 2. The quantitative estimate of drug-likeness (QED) is 0.477. The average Bonchev–Trinajstić information content (AvgIpc) is 2.83. The number of ether oxygens (including phenoxy) is 2. The van der Waals surface area contributed by atoms with Crippen LogP contribution in [0.15, 0.2) is 72.8 Å². The van der Waals surface area contributed by atoms with E-state index in [4.69, 9.17) is 21.1 Å². The first kappa shape index (κ1) is 23.2. The van der Waals surface area contributed by atoms with Crippen LogP contribution in [-0.4, -0.2) is 46.6 Å². The van der Waals surface area contributed by atoms with Crippen molar-refractivity contribution in [3.8, 4) is 0 Å². The molecule has 7 heteroatoms. The molecule has 0 bridgehead atoms. The molecule has 2 heterocycles. The van der Waals surface area contributed by atoms with E-state index in [1.807, 2.05) is 36.4 Å². The van der Waals surface area contributed by atoms with E-state index in [9.17, 15) is 19.8 Å². The second-order valence-corrected chi connectivity index (χ2v) is 8.71. The van der Waals surface area contributed by atoms with E-state index in [0.29, 0.717) is 24.8 Å². The molecule has 0 amide bonds. The first-order valence-electron chi connectivity index (χ1n) is 10.8. The number of esters is 2. The van der Waals surface area contributed by atoms with Crippen molar-refractivity contribution in [2.45, 2.75) is 49.1 Å². The van der Waals surface area contributed by atoms with Gasteiger partial charge in [-0.15, -0.1) is 11.6 Å². The molecule has 0 aromatic heterocycles. The molecule has 0 spiro atoms. The molecule has 2 N–H and O–H groups in total. The van der Waals surface area contributed by atoms with Crippen molar-refractivity contribution >= 4 is 29.1 Å². The van der Waals surface area contributed by atoms with Gasteiger partial charge in [-0.05, 0) is 28.3 Å². The molecule has 6 nitrogen and oxygen atoms in total. The average molecular weight is 469 g/mol. The van der Waals surface area contributed by atoms with Crippen LogP contribution in [-0.2, 0) is 25.5 Å². The maximum Gasteiger partial charge on any atom is 0.331 e. The monoisotopic (exact) mass is 468 g/mol. The van der Waals surface area contributed by atoms with E-state index in [1.165, 1.54) is 12.2 Å². The Bertz CT molecular complexity index is 1060. The van der Waals surface area contributed by atoms with Crippen LogP contribution in [0.5, 0.6) is 0 Å². The van der Waals surface area contributed by atoms with E-state index in [1.54, 1.807) is 24.3 Å². The standard InChI is InChI=1S/C26H25ClO6/c27-25(26(31)21-10-5-11-23(29)32-21)18-9-4-8-17(13-18)19-14-22(33-24(30)15-19)20(28)12-16-6-2-1-3-7-16/h1-9,11,13,15,20-22,25-26,28,31H,10,12,14H2/t20-,21-,22-,25-,26+/m1/s1. The topological polar surface area (TPSA) is 93.1 Å². The van der Waals surface area contributed by atoms with Crippen molar-refractivity contribution in [3.63, 3.8) is 0 Å². The molecule has 0 fully saturated rings. The minimum Gasteiger partial charge on any atom is -0.456 e. The van der Waals surface area contributed by atoms with Crippen LogP contribution in [0.25, 0.3) is 5.57 Å². The van der Waals surface area contributed by atoms with Crippen molar-refractivity contribution < 1.29 is 29.3 Å². The fraction of sp³-hybridized carbons (Fsp3) is 0.308. The second-order valence-electron chi connectivity index (χ2n) is 8.24. The summed E-state index contributed by atoms with van der Waals surface area (Å²) in [7, 11) is 0. The van der Waals surface area contributed by atoms with Gasteiger partial charge in [0.15, 0.2) is 0 Å². The molecule has 0 aliphatic carbocycles. The summed E-state index contributed by atoms with van der Waals surface area (Å²) in [6.07, 6.45) is 2.15. The van der Waals surface area contributed by atoms with Gasteiger partial charge in [-0.2, -0.15) is 0 Å². The SMILES string of the molecule is O=C1C=CC[C@H]([C@H](O)[C@H](Cl)c2cccc(C3=CC(=O)O[C@@H]([C@H](O)Cc4ccccc4)C3)c2)O1. The van der Waals surface area contributed by atoms with Gasteiger partial charge in [0.25, 0.3) is 0 Å². The molecule has 33 heavy (non-hydrogen) atoms. The predicted molar refractivity (Wildman–Crippen MR) is 123 cm³/mol. The fourth-order valence-corrected chi connectivity index (χ4v) is 4.38. The third-order valence-corrected chi connectivity index (χ3v) is 6.35. The summed E-state index contributed by atoms with van der Waals surface area (Å²) in [5, 5.41) is 20.5. The summed E-state index contributed by atoms with van der Waals surface area (Å²) in [6.45, 7) is 0. The molecular formula is C26H25ClO6. The number of carbonyl (C=O) groups is 2. The van der Waals surface area contributed by atoms with Crippen LogP contribution in [0.1, 0.15) is 34.9 Å². The van der Waals surface area contributed by atoms with E-state index in [0.717, 1.165) is 16.7 Å². The zero-order valence-corrected chi connectivity index (χ0v) is 18.6. The largest absolute Gasteiger partial charge is 0.456 e. The van der Waals surface area contributed by atoms with Crippen LogP contribution >= 0.6 is 11.6 Å². The zero-order chi connectivity index (χ0) is 23.4. The Balaban J connectivity index is 1.48. The molecule has 2 aliphatic rings. The van der Waals surface area contributed by atoms with E-state index < -0.39 is 41.7 Å². The Kier molecular flexibility index (Phi) is 7.28. The van der Waals surface area contributed by atoms with Gasteiger partial charge in [-0.3, -0.25) is 0 Å². The Morgan fingerprint density at radius 2 is 1.73 bits per heavy atom. The summed E-state index contributed by atoms with van der Waals surface area (Å²) < 4.78 is 10.6. The lowest BCUT2D eigenvalue weighted by Crippen LogP contribution is -2.35. The van der Waals surface area contributed by atoms with Gasteiger partial charge in [0.05, 0.1) is 11.5 Å². The minimum absolute atomic E-state index is 0.351. The highest BCUT2D eigenvalue weighted by Crippen LogP contribution is 2.33. The highest BCUT2D eigenvalue weighted by molar-refractivity contribution is 6.21. The highest BCUT2D eigenvalue weighted by atomic mass is 35.5. The number of benzene rings is 2. The van der Waals surface area contributed by atoms with Crippen molar-refractivity contribution in [2.75, 3.05) is 0 Å². The van der Waals surface area contributed by atoms with Crippen LogP contribution in [0.3, 0.4) is 0 Å². The van der Waals surface area contributed by atoms with E-state index in [2.05, 4.69) is 0 Å². The number of aliphatic hydroxyl groups is 2. The summed E-state index contributed by atoms with van der Waals surface area (Å²) in [6, 6.07) is 16.7. The lowest BCUT2D eigenvalue weighted by atomic mass is 9.91. The molecule has 172 valence electrons. The van der Waals surface area contributed by atoms with E-state index in [-0.39, 0.29) is 0 Å². The fourth-order valence-electron chi connectivity index (χ4n) is 4.09. The molecular weight excluding hydrogens is 444 g/mol. The molecule has 2 aromatic rings. The smallest absolute Gasteiger partial charge is 0.331 e. The van der Waals surface area contributed by atoms with Gasteiger partial charge in [-0.1, -0.05) is 54.6 Å². The number of hydrogen-bond donors (Lipinski definition) is 2. The van der Waals surface area contributed by atoms with Gasteiger partial charge in [0.1, 0.15) is 18.3 Å². The third kappa shape index (κ3) is 5.71. The normalized spacial score (nSPS) is 23.2. The highest BCUT2D eigenvalue weighted by Gasteiger charge is 2.32. The van der Waals surface area contributed by atoms with Crippen molar-refractivity contribution in [3.05, 3.63) is 89.5 Å². The Hall–Kier alpha value is -2.93. The molecule has 5 atom stereocenters. The predicted octanol–water partition coefficient (Wildman–Crippen LogP) is 3.50. The van der Waals surface area contributed by atoms with Crippen LogP contribution < -0.4 is 0 Å². The summed E-state index contributed by atoms with van der Waals surface area (Å²) in [5.74, 6) is -1.02. The summed E-state index contributed by atoms with van der Waals surface area (Å²) in [4.78, 5) is 23.7. The molecule has 4 rings (SSSR count). The van der Waals surface area contributed by atoms with E-state index >= 15 is 0 Å². The maximum absolute atomic E-state index is 12.2. The van der Waals surface area contributed by atoms with Crippen molar-refractivity contribution in [1.29, 1.82) is 0 Å². The lowest BCUT2D eigenvalue weighted by molar-refractivity contribution is -0.150. The molecule has 0 saturated carbocycles. The van der Waals surface area contributed by atoms with Gasteiger partial charge in [0, 0.05) is 31.4 Å². The number of aliphatic hydroxyl groups excluding tert-OH is 2. The second kappa shape index (κ2) is 10.3. The maximum atomic E-state index is 12.2. The van der Waals surface area contributed by atoms with Gasteiger partial charge in [-0.25, -0.2) is 9.59 Å². The minimum atomic E-state index is -1.10. The number of halogens is 1.